The van der Waals surface area contributed by atoms with E-state index in [1.165, 1.54) is 13.0 Å². The number of fused-ring (bicyclic) bond motifs is 3. The smallest absolute Gasteiger partial charge is 0.336 e. The van der Waals surface area contributed by atoms with Crippen molar-refractivity contribution in [1.82, 2.24) is 0 Å². The van der Waals surface area contributed by atoms with Crippen LogP contribution in [0.15, 0.2) is 33.5 Å². The van der Waals surface area contributed by atoms with Crippen molar-refractivity contribution in [1.29, 1.82) is 0 Å². The third-order valence-electron chi connectivity index (χ3n) is 5.90. The SMILES string of the molecule is CC(=O)Nc1ccc2c(COC(=O)C3C[C@@H]4CCC[C@@H](C3)C4=O)cc(=O)oc2c1. The molecular weight excluding hydrogens is 374 g/mol. The number of anilines is 1. The molecule has 2 atom stereocenters. The van der Waals surface area contributed by atoms with Gasteiger partial charge in [0.25, 0.3) is 0 Å². The number of amides is 1. The standard InChI is InChI=1S/C22H23NO6/c1-12(24)23-17-5-6-18-16(9-20(25)29-19(18)10-17)11-28-22(27)15-7-13-3-2-4-14(8-15)21(13)26/h5-6,9-10,13-15H,2-4,7-8,11H2,1H3,(H,23,24)/t13-,14-/m0/s1. The number of ether oxygens (including phenoxy) is 1. The molecule has 7 heteroatoms. The van der Waals surface area contributed by atoms with Gasteiger partial charge in [-0.15, -0.1) is 0 Å². The van der Waals surface area contributed by atoms with Crippen molar-refractivity contribution in [2.45, 2.75) is 45.6 Å². The first-order valence-electron chi connectivity index (χ1n) is 9.95. The molecule has 2 bridgehead atoms. The van der Waals surface area contributed by atoms with E-state index in [0.29, 0.717) is 40.8 Å². The van der Waals surface area contributed by atoms with Gasteiger partial charge in [-0.05, 0) is 37.8 Å². The van der Waals surface area contributed by atoms with Crippen molar-refractivity contribution >= 4 is 34.3 Å². The molecule has 1 aromatic heterocycles. The Labute approximate surface area is 167 Å². The van der Waals surface area contributed by atoms with Crippen LogP contribution in [0.5, 0.6) is 0 Å². The second-order valence-electron chi connectivity index (χ2n) is 7.99. The van der Waals surface area contributed by atoms with Gasteiger partial charge in [0.05, 0.1) is 5.92 Å². The number of rotatable bonds is 4. The van der Waals surface area contributed by atoms with Gasteiger partial charge in [-0.3, -0.25) is 14.4 Å². The van der Waals surface area contributed by atoms with E-state index < -0.39 is 5.63 Å². The molecule has 0 saturated heterocycles. The lowest BCUT2D eigenvalue weighted by Crippen LogP contribution is -2.39. The van der Waals surface area contributed by atoms with Crippen LogP contribution in [0, 0.1) is 17.8 Å². The fraction of sp³-hybridized carbons (Fsp3) is 0.455. The van der Waals surface area contributed by atoms with Crippen LogP contribution in [0.1, 0.15) is 44.6 Å². The molecule has 1 aromatic carbocycles. The first-order chi connectivity index (χ1) is 13.9. The number of benzene rings is 1. The molecule has 1 heterocycles. The number of hydrogen-bond acceptors (Lipinski definition) is 6. The third kappa shape index (κ3) is 4.09. The van der Waals surface area contributed by atoms with Crippen LogP contribution in [0.4, 0.5) is 5.69 Å². The number of ketones is 1. The van der Waals surface area contributed by atoms with Crippen LogP contribution in [-0.4, -0.2) is 17.7 Å². The molecule has 29 heavy (non-hydrogen) atoms. The number of Topliss-reactive ketones (excluding diaryl/α,β-unsaturated/α-hetero) is 1. The average Bonchev–Trinajstić information content (AvgIpc) is 2.64. The van der Waals surface area contributed by atoms with Crippen molar-refractivity contribution < 1.29 is 23.5 Å². The highest BCUT2D eigenvalue weighted by Gasteiger charge is 2.41. The first kappa shape index (κ1) is 19.4. The van der Waals surface area contributed by atoms with Gasteiger partial charge in [0.1, 0.15) is 18.0 Å². The van der Waals surface area contributed by atoms with Gasteiger partial charge in [0.15, 0.2) is 0 Å². The van der Waals surface area contributed by atoms with Gasteiger partial charge in [-0.1, -0.05) is 6.42 Å². The van der Waals surface area contributed by atoms with Crippen molar-refractivity contribution in [3.05, 3.63) is 40.2 Å². The lowest BCUT2D eigenvalue weighted by Gasteiger charge is -2.36. The van der Waals surface area contributed by atoms with E-state index in [-0.39, 0.29) is 36.2 Å². The zero-order valence-electron chi connectivity index (χ0n) is 16.2. The van der Waals surface area contributed by atoms with Crippen LogP contribution in [0.3, 0.4) is 0 Å². The van der Waals surface area contributed by atoms with Crippen LogP contribution >= 0.6 is 0 Å². The largest absolute Gasteiger partial charge is 0.461 e. The Kier molecular flexibility index (Phi) is 5.22. The predicted octanol–water partition coefficient (Wildman–Crippen LogP) is 3.19. The molecule has 0 aliphatic heterocycles. The molecule has 7 nitrogen and oxygen atoms in total. The maximum Gasteiger partial charge on any atom is 0.336 e. The minimum Gasteiger partial charge on any atom is -0.461 e. The highest BCUT2D eigenvalue weighted by molar-refractivity contribution is 5.92. The molecule has 2 aromatic rings. The van der Waals surface area contributed by atoms with Crippen LogP contribution in [-0.2, 0) is 25.7 Å². The van der Waals surface area contributed by atoms with Crippen LogP contribution in [0.2, 0.25) is 0 Å². The summed E-state index contributed by atoms with van der Waals surface area (Å²) in [6.45, 7) is 1.35. The van der Waals surface area contributed by atoms with Crippen molar-refractivity contribution in [3.63, 3.8) is 0 Å². The topological polar surface area (TPSA) is 103 Å². The van der Waals surface area contributed by atoms with E-state index in [1.807, 2.05) is 0 Å². The summed E-state index contributed by atoms with van der Waals surface area (Å²) in [6, 6.07) is 6.30. The summed E-state index contributed by atoms with van der Waals surface area (Å²) in [6.07, 6.45) is 3.90. The van der Waals surface area contributed by atoms with Gasteiger partial charge in [-0.2, -0.15) is 0 Å². The van der Waals surface area contributed by atoms with E-state index in [0.717, 1.165) is 19.3 Å². The first-order valence-corrected chi connectivity index (χ1v) is 9.95. The lowest BCUT2D eigenvalue weighted by molar-refractivity contribution is -0.154. The summed E-state index contributed by atoms with van der Waals surface area (Å²) in [5.74, 6) is -0.533. The molecule has 152 valence electrons. The quantitative estimate of drug-likeness (QED) is 0.628. The van der Waals surface area contributed by atoms with E-state index >= 15 is 0 Å². The van der Waals surface area contributed by atoms with E-state index in [9.17, 15) is 19.2 Å². The summed E-state index contributed by atoms with van der Waals surface area (Å²) in [4.78, 5) is 48.0. The molecule has 0 radical (unpaired) electrons. The zero-order chi connectivity index (χ0) is 20.5. The van der Waals surface area contributed by atoms with Crippen LogP contribution < -0.4 is 10.9 Å². The number of carbonyl (C=O) groups excluding carboxylic acids is 3. The van der Waals surface area contributed by atoms with Gasteiger partial charge >= 0.3 is 11.6 Å². The number of nitrogens with one attached hydrogen (secondary N) is 1. The van der Waals surface area contributed by atoms with Gasteiger partial charge in [0.2, 0.25) is 5.91 Å². The molecule has 4 rings (SSSR count). The normalized spacial score (nSPS) is 23.6. The summed E-state index contributed by atoms with van der Waals surface area (Å²) in [5.41, 5.74) is 0.820. The van der Waals surface area contributed by atoms with E-state index in [1.54, 1.807) is 18.2 Å². The predicted molar refractivity (Wildman–Crippen MR) is 105 cm³/mol. The second kappa shape index (κ2) is 7.81. The molecular formula is C22H23NO6. The second-order valence-corrected chi connectivity index (χ2v) is 7.99. The number of carbonyl (C=O) groups is 3. The molecule has 2 aliphatic rings. The minimum absolute atomic E-state index is 0.0168. The Morgan fingerprint density at radius 3 is 2.55 bits per heavy atom. The highest BCUT2D eigenvalue weighted by Crippen LogP contribution is 2.40. The summed E-state index contributed by atoms with van der Waals surface area (Å²) in [5, 5.41) is 3.28. The minimum atomic E-state index is -0.554. The molecule has 0 unspecified atom stereocenters. The Morgan fingerprint density at radius 1 is 1.14 bits per heavy atom. The Bertz CT molecular complexity index is 1020. The van der Waals surface area contributed by atoms with E-state index in [4.69, 9.17) is 9.15 Å². The molecule has 1 amide bonds. The van der Waals surface area contributed by atoms with E-state index in [2.05, 4.69) is 5.32 Å². The fourth-order valence-electron chi connectivity index (χ4n) is 4.57. The molecule has 2 fully saturated rings. The monoisotopic (exact) mass is 397 g/mol. The Balaban J connectivity index is 1.49. The molecule has 1 N–H and O–H groups in total. The average molecular weight is 397 g/mol. The molecule has 2 aliphatic carbocycles. The lowest BCUT2D eigenvalue weighted by atomic mass is 9.67. The van der Waals surface area contributed by atoms with Gasteiger partial charge < -0.3 is 14.5 Å². The molecule has 0 spiro atoms. The number of esters is 1. The van der Waals surface area contributed by atoms with Crippen molar-refractivity contribution in [2.24, 2.45) is 17.8 Å². The summed E-state index contributed by atoms with van der Waals surface area (Å²) in [7, 11) is 0. The Hall–Kier alpha value is -2.96. The van der Waals surface area contributed by atoms with Crippen LogP contribution in [0.25, 0.3) is 11.0 Å². The van der Waals surface area contributed by atoms with Crippen molar-refractivity contribution in [2.75, 3.05) is 5.32 Å². The fourth-order valence-corrected chi connectivity index (χ4v) is 4.57. The highest BCUT2D eigenvalue weighted by atomic mass is 16.5. The third-order valence-corrected chi connectivity index (χ3v) is 5.90. The summed E-state index contributed by atoms with van der Waals surface area (Å²) >= 11 is 0. The summed E-state index contributed by atoms with van der Waals surface area (Å²) < 4.78 is 10.8. The zero-order valence-corrected chi connectivity index (χ0v) is 16.2. The van der Waals surface area contributed by atoms with Gasteiger partial charge in [-0.25, -0.2) is 4.79 Å². The maximum atomic E-state index is 12.6. The maximum absolute atomic E-state index is 12.6. The Morgan fingerprint density at radius 2 is 1.86 bits per heavy atom. The van der Waals surface area contributed by atoms with Crippen molar-refractivity contribution in [3.8, 4) is 0 Å². The molecule has 2 saturated carbocycles. The number of hydrogen-bond donors (Lipinski definition) is 1. The van der Waals surface area contributed by atoms with Gasteiger partial charge in [0, 0.05) is 47.5 Å².